The first kappa shape index (κ1) is 25.9. The molecule has 2 saturated heterocycles. The molecule has 2 amide bonds. The average molecular weight is 460 g/mol. The Kier molecular flexibility index (Phi) is 10.4. The molecule has 2 atom stereocenters. The number of hydrogen-bond acceptors (Lipinski definition) is 5. The van der Waals surface area contributed by atoms with Crippen molar-refractivity contribution >= 4 is 6.03 Å². The predicted molar refractivity (Wildman–Crippen MR) is 135 cm³/mol. The first-order chi connectivity index (χ1) is 15.9. The van der Waals surface area contributed by atoms with Crippen LogP contribution in [-0.4, -0.2) is 99.4 Å². The number of benzene rings is 1. The van der Waals surface area contributed by atoms with Gasteiger partial charge in [0.05, 0.1) is 19.3 Å². The number of urea groups is 1. The number of carbonyl (C=O) groups is 1. The number of likely N-dealkylation sites (tertiary alicyclic amines) is 1. The average Bonchev–Trinajstić information content (AvgIpc) is 2.82. The standard InChI is InChI=1S/C26H45N5O2/c1-21(2)18-24(31-14-16-33-17-15-31)19-27-26(32)28-25(22-8-6-5-7-9-22)20-30(4)23-10-12-29(3)13-11-23/h5-9,21,23-25H,10-20H2,1-4H3,(H2,27,28,32)/t24-,25-/m1/s1. The van der Waals surface area contributed by atoms with Gasteiger partial charge in [0.1, 0.15) is 0 Å². The molecule has 3 rings (SSSR count). The highest BCUT2D eigenvalue weighted by Gasteiger charge is 2.26. The summed E-state index contributed by atoms with van der Waals surface area (Å²) in [5.41, 5.74) is 1.15. The molecular formula is C26H45N5O2. The smallest absolute Gasteiger partial charge is 0.315 e. The van der Waals surface area contributed by atoms with Gasteiger partial charge in [0.15, 0.2) is 0 Å². The van der Waals surface area contributed by atoms with Gasteiger partial charge in [-0.15, -0.1) is 0 Å². The molecule has 0 spiro atoms. The van der Waals surface area contributed by atoms with Gasteiger partial charge in [-0.3, -0.25) is 4.90 Å². The number of likely N-dealkylation sites (N-methyl/N-ethyl adjacent to an activating group) is 1. The summed E-state index contributed by atoms with van der Waals surface area (Å²) in [6, 6.07) is 11.1. The Morgan fingerprint density at radius 1 is 1.12 bits per heavy atom. The molecule has 0 radical (unpaired) electrons. The summed E-state index contributed by atoms with van der Waals surface area (Å²) in [7, 11) is 4.39. The third-order valence-corrected chi connectivity index (χ3v) is 7.09. The minimum Gasteiger partial charge on any atom is -0.379 e. The molecule has 2 fully saturated rings. The van der Waals surface area contributed by atoms with Crippen molar-refractivity contribution < 1.29 is 9.53 Å². The minimum atomic E-state index is -0.0809. The fourth-order valence-electron chi connectivity index (χ4n) is 5.06. The summed E-state index contributed by atoms with van der Waals surface area (Å²) >= 11 is 0. The van der Waals surface area contributed by atoms with Gasteiger partial charge >= 0.3 is 6.03 Å². The first-order valence-electron chi connectivity index (χ1n) is 12.7. The number of rotatable bonds is 10. The topological polar surface area (TPSA) is 60.1 Å². The monoisotopic (exact) mass is 459 g/mol. The maximum absolute atomic E-state index is 13.0. The van der Waals surface area contributed by atoms with E-state index in [0.29, 0.717) is 24.5 Å². The molecule has 0 saturated carbocycles. The SMILES string of the molecule is CC(C)C[C@H](CNC(=O)N[C@H](CN(C)C1CCN(C)CC1)c1ccccc1)N1CCOCC1. The van der Waals surface area contributed by atoms with Crippen LogP contribution in [0.2, 0.25) is 0 Å². The predicted octanol–water partition coefficient (Wildman–Crippen LogP) is 2.80. The Bertz CT molecular complexity index is 687. The number of piperidine rings is 1. The van der Waals surface area contributed by atoms with Crippen molar-refractivity contribution in [2.75, 3.05) is 66.6 Å². The number of ether oxygens (including phenoxy) is 1. The number of amides is 2. The molecule has 33 heavy (non-hydrogen) atoms. The van der Waals surface area contributed by atoms with Crippen molar-refractivity contribution in [1.29, 1.82) is 0 Å². The quantitative estimate of drug-likeness (QED) is 0.564. The fourth-order valence-corrected chi connectivity index (χ4v) is 5.06. The van der Waals surface area contributed by atoms with E-state index in [1.807, 2.05) is 6.07 Å². The molecule has 2 N–H and O–H groups in total. The van der Waals surface area contributed by atoms with Crippen LogP contribution in [-0.2, 0) is 4.74 Å². The fraction of sp³-hybridized carbons (Fsp3) is 0.731. The van der Waals surface area contributed by atoms with Crippen LogP contribution in [0.1, 0.15) is 44.7 Å². The van der Waals surface area contributed by atoms with Crippen LogP contribution >= 0.6 is 0 Å². The number of carbonyl (C=O) groups excluding carboxylic acids is 1. The molecule has 1 aromatic carbocycles. The van der Waals surface area contributed by atoms with Gasteiger partial charge in [-0.25, -0.2) is 4.79 Å². The van der Waals surface area contributed by atoms with E-state index in [0.717, 1.165) is 57.9 Å². The highest BCUT2D eigenvalue weighted by Crippen LogP contribution is 2.20. The van der Waals surface area contributed by atoms with Crippen LogP contribution in [0.25, 0.3) is 0 Å². The lowest BCUT2D eigenvalue weighted by atomic mass is 10.0. The van der Waals surface area contributed by atoms with Crippen molar-refractivity contribution in [3.63, 3.8) is 0 Å². The van der Waals surface area contributed by atoms with Crippen LogP contribution in [0, 0.1) is 5.92 Å². The molecule has 7 nitrogen and oxygen atoms in total. The molecule has 0 bridgehead atoms. The van der Waals surface area contributed by atoms with Gasteiger partial charge < -0.3 is 25.2 Å². The third kappa shape index (κ3) is 8.56. The maximum atomic E-state index is 13.0. The highest BCUT2D eigenvalue weighted by atomic mass is 16.5. The number of nitrogens with one attached hydrogen (secondary N) is 2. The van der Waals surface area contributed by atoms with Gasteiger partial charge in [-0.2, -0.15) is 0 Å². The second-order valence-electron chi connectivity index (χ2n) is 10.2. The van der Waals surface area contributed by atoms with Crippen molar-refractivity contribution in [3.8, 4) is 0 Å². The zero-order valence-electron chi connectivity index (χ0n) is 21.1. The van der Waals surface area contributed by atoms with E-state index in [-0.39, 0.29) is 12.1 Å². The van der Waals surface area contributed by atoms with E-state index in [4.69, 9.17) is 4.74 Å². The van der Waals surface area contributed by atoms with Crippen molar-refractivity contribution in [3.05, 3.63) is 35.9 Å². The van der Waals surface area contributed by atoms with E-state index >= 15 is 0 Å². The molecular weight excluding hydrogens is 414 g/mol. The molecule has 2 aliphatic heterocycles. The summed E-state index contributed by atoms with van der Waals surface area (Å²) in [4.78, 5) is 20.3. The zero-order valence-corrected chi connectivity index (χ0v) is 21.1. The lowest BCUT2D eigenvalue weighted by Crippen LogP contribution is -2.51. The van der Waals surface area contributed by atoms with Gasteiger partial charge in [-0.1, -0.05) is 44.2 Å². The Balaban J connectivity index is 1.58. The second kappa shape index (κ2) is 13.3. The van der Waals surface area contributed by atoms with Crippen molar-refractivity contribution in [2.45, 2.75) is 51.2 Å². The van der Waals surface area contributed by atoms with E-state index in [2.05, 4.69) is 77.5 Å². The van der Waals surface area contributed by atoms with Gasteiger partial charge in [0.25, 0.3) is 0 Å². The van der Waals surface area contributed by atoms with Crippen LogP contribution < -0.4 is 10.6 Å². The van der Waals surface area contributed by atoms with Crippen LogP contribution in [0.15, 0.2) is 30.3 Å². The molecule has 7 heteroatoms. The summed E-state index contributed by atoms with van der Waals surface area (Å²) in [6.45, 7) is 11.7. The summed E-state index contributed by atoms with van der Waals surface area (Å²) < 4.78 is 5.53. The second-order valence-corrected chi connectivity index (χ2v) is 10.2. The molecule has 186 valence electrons. The zero-order chi connectivity index (χ0) is 23.6. The molecule has 0 aromatic heterocycles. The lowest BCUT2D eigenvalue weighted by molar-refractivity contribution is 0.0129. The first-order valence-corrected chi connectivity index (χ1v) is 12.7. The normalized spacial score (nSPS) is 20.7. The Labute approximate surface area is 200 Å². The van der Waals surface area contributed by atoms with Crippen molar-refractivity contribution in [1.82, 2.24) is 25.3 Å². The van der Waals surface area contributed by atoms with E-state index in [1.54, 1.807) is 0 Å². The van der Waals surface area contributed by atoms with Gasteiger partial charge in [0, 0.05) is 38.3 Å². The summed E-state index contributed by atoms with van der Waals surface area (Å²) in [6.07, 6.45) is 3.43. The lowest BCUT2D eigenvalue weighted by Gasteiger charge is -2.37. The molecule has 0 unspecified atom stereocenters. The Morgan fingerprint density at radius 3 is 2.42 bits per heavy atom. The van der Waals surface area contributed by atoms with E-state index in [9.17, 15) is 4.79 Å². The summed E-state index contributed by atoms with van der Waals surface area (Å²) in [5.74, 6) is 0.586. The largest absolute Gasteiger partial charge is 0.379 e. The summed E-state index contributed by atoms with van der Waals surface area (Å²) in [5, 5.41) is 6.46. The Morgan fingerprint density at radius 2 is 1.79 bits per heavy atom. The number of nitrogens with zero attached hydrogens (tertiary/aromatic N) is 3. The molecule has 2 heterocycles. The van der Waals surface area contributed by atoms with Crippen molar-refractivity contribution in [2.24, 2.45) is 5.92 Å². The molecule has 0 aliphatic carbocycles. The number of morpholine rings is 1. The van der Waals surface area contributed by atoms with Gasteiger partial charge in [-0.05, 0) is 57.9 Å². The van der Waals surface area contributed by atoms with Crippen LogP contribution in [0.4, 0.5) is 4.79 Å². The Hall–Kier alpha value is -1.67. The van der Waals surface area contributed by atoms with E-state index < -0.39 is 0 Å². The van der Waals surface area contributed by atoms with E-state index in [1.165, 1.54) is 12.8 Å². The van der Waals surface area contributed by atoms with Crippen LogP contribution in [0.5, 0.6) is 0 Å². The maximum Gasteiger partial charge on any atom is 0.315 e. The third-order valence-electron chi connectivity index (χ3n) is 7.09. The minimum absolute atomic E-state index is 0.0391. The number of hydrogen-bond donors (Lipinski definition) is 2. The highest BCUT2D eigenvalue weighted by molar-refractivity contribution is 5.74. The molecule has 1 aromatic rings. The van der Waals surface area contributed by atoms with Gasteiger partial charge in [0.2, 0.25) is 0 Å². The van der Waals surface area contributed by atoms with Crippen LogP contribution in [0.3, 0.4) is 0 Å². The molecule has 2 aliphatic rings.